The summed E-state index contributed by atoms with van der Waals surface area (Å²) >= 11 is 0. The lowest BCUT2D eigenvalue weighted by Gasteiger charge is -1.96. The van der Waals surface area contributed by atoms with E-state index < -0.39 is 0 Å². The molecule has 0 saturated heterocycles. The van der Waals surface area contributed by atoms with Gasteiger partial charge in [-0.1, -0.05) is 5.92 Å². The van der Waals surface area contributed by atoms with Crippen LogP contribution in [0.25, 0.3) is 0 Å². The molecule has 0 amide bonds. The Hall–Kier alpha value is -0.0900. The van der Waals surface area contributed by atoms with Crippen molar-refractivity contribution >= 4 is 9.47 Å². The third-order valence-corrected chi connectivity index (χ3v) is 2.85. The van der Waals surface area contributed by atoms with E-state index in [1.807, 2.05) is 6.92 Å². The molecule has 0 spiro atoms. The highest BCUT2D eigenvalue weighted by atomic mass is 31.0. The summed E-state index contributed by atoms with van der Waals surface area (Å²) in [5, 5.41) is 8.69. The van der Waals surface area contributed by atoms with Crippen molar-refractivity contribution in [1.29, 1.82) is 0 Å². The lowest BCUT2D eigenvalue weighted by atomic mass is 10.2. The van der Waals surface area contributed by atoms with Crippen LogP contribution in [-0.4, -0.2) is 17.8 Å². The van der Waals surface area contributed by atoms with Crippen molar-refractivity contribution in [2.75, 3.05) is 6.61 Å². The molecule has 1 aliphatic rings. The Morgan fingerprint density at radius 2 is 2.38 bits per heavy atom. The van der Waals surface area contributed by atoms with Crippen LogP contribution in [0.1, 0.15) is 26.2 Å². The zero-order valence-corrected chi connectivity index (χ0v) is 9.15. The maximum Gasteiger partial charge on any atom is 0.118 e. The zero-order valence-electron chi connectivity index (χ0n) is 7.99. The summed E-state index contributed by atoms with van der Waals surface area (Å²) in [7, 11) is 2.22. The lowest BCUT2D eigenvalue weighted by Crippen LogP contribution is -1.95. The smallest absolute Gasteiger partial charge is 0.118 e. The van der Waals surface area contributed by atoms with Gasteiger partial charge in [0, 0.05) is 22.5 Å². The van der Waals surface area contributed by atoms with Gasteiger partial charge < -0.3 is 9.63 Å². The van der Waals surface area contributed by atoms with Crippen LogP contribution in [0.2, 0.25) is 0 Å². The number of aliphatic hydroxyl groups is 1. The molecule has 1 saturated carbocycles. The Bertz CT molecular complexity index is 207. The van der Waals surface area contributed by atoms with Gasteiger partial charge in [0.25, 0.3) is 0 Å². The fraction of sp³-hybridized carbons (Fsp3) is 0.800. The van der Waals surface area contributed by atoms with Gasteiger partial charge in [0.2, 0.25) is 0 Å². The van der Waals surface area contributed by atoms with Crippen LogP contribution in [0.15, 0.2) is 0 Å². The molecule has 0 bridgehead atoms. The molecule has 2 nitrogen and oxygen atoms in total. The molecule has 0 aliphatic heterocycles. The SMILES string of the molecule is CC(C#CC[C@H]1C[C@@H]1CCO)OP. The quantitative estimate of drug-likeness (QED) is 0.551. The summed E-state index contributed by atoms with van der Waals surface area (Å²) in [5.74, 6) is 7.59. The minimum Gasteiger partial charge on any atom is -0.396 e. The Morgan fingerprint density at radius 1 is 1.62 bits per heavy atom. The molecule has 4 atom stereocenters. The molecule has 1 aliphatic carbocycles. The average Bonchev–Trinajstić information content (AvgIpc) is 2.84. The van der Waals surface area contributed by atoms with E-state index in [0.717, 1.165) is 24.7 Å². The zero-order chi connectivity index (χ0) is 9.68. The summed E-state index contributed by atoms with van der Waals surface area (Å²) in [5.41, 5.74) is 0. The number of rotatable bonds is 4. The van der Waals surface area contributed by atoms with Gasteiger partial charge in [-0.25, -0.2) is 0 Å². The monoisotopic (exact) mass is 200 g/mol. The molecule has 3 heteroatoms. The third kappa shape index (κ3) is 4.09. The average molecular weight is 200 g/mol. The van der Waals surface area contributed by atoms with Crippen LogP contribution in [0.4, 0.5) is 0 Å². The first-order chi connectivity index (χ1) is 6.27. The predicted octanol–water partition coefficient (Wildman–Crippen LogP) is 1.59. The third-order valence-electron chi connectivity index (χ3n) is 2.44. The van der Waals surface area contributed by atoms with Crippen LogP contribution in [0, 0.1) is 23.7 Å². The van der Waals surface area contributed by atoms with E-state index in [2.05, 4.69) is 21.3 Å². The first kappa shape index (κ1) is 11.0. The second-order valence-electron chi connectivity index (χ2n) is 3.57. The fourth-order valence-corrected chi connectivity index (χ4v) is 1.52. The van der Waals surface area contributed by atoms with Gasteiger partial charge in [0.15, 0.2) is 0 Å². The van der Waals surface area contributed by atoms with Gasteiger partial charge >= 0.3 is 0 Å². The minimum atomic E-state index is 0.0139. The second kappa shape index (κ2) is 5.60. The molecule has 74 valence electrons. The van der Waals surface area contributed by atoms with Crippen molar-refractivity contribution in [3.05, 3.63) is 0 Å². The van der Waals surface area contributed by atoms with Crippen LogP contribution >= 0.6 is 9.47 Å². The molecule has 1 fully saturated rings. The van der Waals surface area contributed by atoms with E-state index in [1.54, 1.807) is 0 Å². The number of hydrogen-bond donors (Lipinski definition) is 1. The van der Waals surface area contributed by atoms with Crippen molar-refractivity contribution in [1.82, 2.24) is 0 Å². The Labute approximate surface area is 82.3 Å². The van der Waals surface area contributed by atoms with Crippen LogP contribution in [0.5, 0.6) is 0 Å². The Kier molecular flexibility index (Phi) is 4.73. The van der Waals surface area contributed by atoms with Crippen LogP contribution in [-0.2, 0) is 4.52 Å². The lowest BCUT2D eigenvalue weighted by molar-refractivity contribution is 0.277. The molecule has 1 rings (SSSR count). The van der Waals surface area contributed by atoms with E-state index in [1.165, 1.54) is 6.42 Å². The summed E-state index contributed by atoms with van der Waals surface area (Å²) in [4.78, 5) is 0. The van der Waals surface area contributed by atoms with E-state index in [9.17, 15) is 0 Å². The topological polar surface area (TPSA) is 29.5 Å². The maximum absolute atomic E-state index is 8.69. The van der Waals surface area contributed by atoms with Crippen molar-refractivity contribution in [2.24, 2.45) is 11.8 Å². The van der Waals surface area contributed by atoms with Gasteiger partial charge in [0.05, 0.1) is 0 Å². The molecule has 0 aromatic heterocycles. The van der Waals surface area contributed by atoms with E-state index in [4.69, 9.17) is 9.63 Å². The maximum atomic E-state index is 8.69. The van der Waals surface area contributed by atoms with E-state index >= 15 is 0 Å². The minimum absolute atomic E-state index is 0.0139. The van der Waals surface area contributed by atoms with Gasteiger partial charge in [-0.3, -0.25) is 0 Å². The molecule has 0 heterocycles. The van der Waals surface area contributed by atoms with Crippen molar-refractivity contribution in [3.8, 4) is 11.8 Å². The highest BCUT2D eigenvalue weighted by molar-refractivity contribution is 7.09. The van der Waals surface area contributed by atoms with Crippen LogP contribution in [0.3, 0.4) is 0 Å². The summed E-state index contributed by atoms with van der Waals surface area (Å²) in [6.07, 6.45) is 3.16. The standard InChI is InChI=1S/C10H17O2P/c1-8(12-13)3-2-4-9-7-10(9)5-6-11/h8-11H,4-7,13H2,1H3/t8?,9-,10-/m0/s1. The first-order valence-corrected chi connectivity index (χ1v) is 5.19. The second-order valence-corrected chi connectivity index (χ2v) is 3.84. The highest BCUT2D eigenvalue weighted by Gasteiger charge is 2.35. The Morgan fingerprint density at radius 3 is 3.00 bits per heavy atom. The van der Waals surface area contributed by atoms with Gasteiger partial charge in [0.1, 0.15) is 6.10 Å². The molecule has 13 heavy (non-hydrogen) atoms. The largest absolute Gasteiger partial charge is 0.396 e. The van der Waals surface area contributed by atoms with Crippen molar-refractivity contribution in [3.63, 3.8) is 0 Å². The molecular formula is C10H17O2P. The highest BCUT2D eigenvalue weighted by Crippen LogP contribution is 2.43. The predicted molar refractivity (Wildman–Crippen MR) is 55.9 cm³/mol. The molecule has 0 aromatic carbocycles. The summed E-state index contributed by atoms with van der Waals surface area (Å²) in [6.45, 7) is 2.25. The van der Waals surface area contributed by atoms with E-state index in [0.29, 0.717) is 6.61 Å². The fourth-order valence-electron chi connectivity index (χ4n) is 1.45. The van der Waals surface area contributed by atoms with Gasteiger partial charge in [-0.2, -0.15) is 0 Å². The number of hydrogen-bond acceptors (Lipinski definition) is 2. The summed E-state index contributed by atoms with van der Waals surface area (Å²) < 4.78 is 4.93. The normalized spacial score (nSPS) is 27.6. The van der Waals surface area contributed by atoms with Crippen LogP contribution < -0.4 is 0 Å². The summed E-state index contributed by atoms with van der Waals surface area (Å²) in [6, 6.07) is 0. The Balaban J connectivity index is 2.10. The van der Waals surface area contributed by atoms with Crippen molar-refractivity contribution in [2.45, 2.75) is 32.3 Å². The molecule has 0 aromatic rings. The van der Waals surface area contributed by atoms with Gasteiger partial charge in [-0.15, -0.1) is 5.92 Å². The first-order valence-electron chi connectivity index (χ1n) is 4.72. The van der Waals surface area contributed by atoms with Crippen molar-refractivity contribution < 1.29 is 9.63 Å². The molecule has 2 unspecified atom stereocenters. The van der Waals surface area contributed by atoms with E-state index in [-0.39, 0.29) is 6.10 Å². The molecule has 1 N–H and O–H groups in total. The number of aliphatic hydroxyl groups excluding tert-OH is 1. The molecule has 0 radical (unpaired) electrons. The van der Waals surface area contributed by atoms with Gasteiger partial charge in [-0.05, 0) is 31.6 Å². The molecular weight excluding hydrogens is 183 g/mol.